The number of carbonyl (C=O) groups is 2. The van der Waals surface area contributed by atoms with E-state index in [2.05, 4.69) is 38.5 Å². The van der Waals surface area contributed by atoms with Gasteiger partial charge in [-0.25, -0.2) is 17.9 Å². The van der Waals surface area contributed by atoms with Gasteiger partial charge in [-0.05, 0) is 54.7 Å². The summed E-state index contributed by atoms with van der Waals surface area (Å²) in [7, 11) is -2.45. The van der Waals surface area contributed by atoms with Gasteiger partial charge < -0.3 is 4.74 Å². The summed E-state index contributed by atoms with van der Waals surface area (Å²) < 4.78 is 35.0. The highest BCUT2D eigenvalue weighted by molar-refractivity contribution is 7.89. The van der Waals surface area contributed by atoms with Gasteiger partial charge in [0.15, 0.2) is 0 Å². The second-order valence-electron chi connectivity index (χ2n) is 10.4. The molecule has 0 amide bonds. The number of ketones is 1. The SMILES string of the molecule is CCC/C=C(\CCC)C(NS(=O)(=O)CC12CCC(CC1=O)C2(C)C)c1ccc(C(=O)OC)cc1. The molecule has 2 saturated carbocycles. The molecule has 1 N–H and O–H groups in total. The standard InChI is InChI=1S/C27H39NO5S/c1-6-8-10-19(9-7-2)24(20-11-13-21(14-12-20)25(30)33-5)28-34(31,32)18-27-16-15-22(17-23(27)29)26(27,3)4/h10-14,22,24,28H,6-9,15-18H2,1-5H3/b19-10+. The number of allylic oxidation sites excluding steroid dienone is 1. The molecule has 188 valence electrons. The van der Waals surface area contributed by atoms with Crippen molar-refractivity contribution in [2.24, 2.45) is 16.7 Å². The van der Waals surface area contributed by atoms with Gasteiger partial charge in [0.1, 0.15) is 5.78 Å². The van der Waals surface area contributed by atoms with Gasteiger partial charge in [-0.1, -0.05) is 64.3 Å². The number of benzene rings is 1. The summed E-state index contributed by atoms with van der Waals surface area (Å²) in [6.07, 6.45) is 7.60. The van der Waals surface area contributed by atoms with Crippen molar-refractivity contribution in [1.82, 2.24) is 4.72 Å². The van der Waals surface area contributed by atoms with Crippen molar-refractivity contribution in [2.45, 2.75) is 78.7 Å². The first kappa shape index (κ1) is 26.6. The molecule has 6 nitrogen and oxygen atoms in total. The quantitative estimate of drug-likeness (QED) is 0.334. The number of Topliss-reactive ketones (excluding diaryl/α,β-unsaturated/α-hetero) is 1. The minimum absolute atomic E-state index is 0.0911. The van der Waals surface area contributed by atoms with E-state index >= 15 is 0 Å². The Labute approximate surface area is 204 Å². The van der Waals surface area contributed by atoms with E-state index in [4.69, 9.17) is 4.74 Å². The van der Waals surface area contributed by atoms with Crippen molar-refractivity contribution in [3.63, 3.8) is 0 Å². The molecule has 0 aliphatic heterocycles. The minimum Gasteiger partial charge on any atom is -0.465 e. The molecule has 34 heavy (non-hydrogen) atoms. The van der Waals surface area contributed by atoms with Crippen molar-refractivity contribution in [3.8, 4) is 0 Å². The molecule has 2 fully saturated rings. The molecule has 0 aromatic heterocycles. The number of fused-ring (bicyclic) bond motifs is 2. The van der Waals surface area contributed by atoms with E-state index in [1.807, 2.05) is 0 Å². The molecular weight excluding hydrogens is 450 g/mol. The van der Waals surface area contributed by atoms with Gasteiger partial charge in [0.2, 0.25) is 10.0 Å². The van der Waals surface area contributed by atoms with E-state index in [-0.39, 0.29) is 22.9 Å². The Balaban J connectivity index is 1.96. The minimum atomic E-state index is -3.78. The summed E-state index contributed by atoms with van der Waals surface area (Å²) in [6.45, 7) is 8.27. The lowest BCUT2D eigenvalue weighted by molar-refractivity contribution is -0.128. The molecule has 7 heteroatoms. The van der Waals surface area contributed by atoms with Gasteiger partial charge in [-0.15, -0.1) is 0 Å². The Morgan fingerprint density at radius 2 is 1.88 bits per heavy atom. The van der Waals surface area contributed by atoms with Crippen LogP contribution >= 0.6 is 0 Å². The zero-order valence-electron chi connectivity index (χ0n) is 21.1. The maximum atomic E-state index is 13.6. The Bertz CT molecular complexity index is 1040. The first-order chi connectivity index (χ1) is 16.0. The summed E-state index contributed by atoms with van der Waals surface area (Å²) in [5.41, 5.74) is 1.06. The van der Waals surface area contributed by atoms with Gasteiger partial charge in [0, 0.05) is 11.8 Å². The lowest BCUT2D eigenvalue weighted by Gasteiger charge is -2.36. The zero-order valence-corrected chi connectivity index (χ0v) is 22.0. The van der Waals surface area contributed by atoms with Gasteiger partial charge in [-0.2, -0.15) is 0 Å². The normalized spacial score (nSPS) is 24.9. The third kappa shape index (κ3) is 5.01. The summed E-state index contributed by atoms with van der Waals surface area (Å²) in [6, 6.07) is 6.34. The number of sulfonamides is 1. The van der Waals surface area contributed by atoms with Crippen LogP contribution < -0.4 is 4.72 Å². The highest BCUT2D eigenvalue weighted by Crippen LogP contribution is 2.64. The van der Waals surface area contributed by atoms with E-state index in [1.165, 1.54) is 7.11 Å². The van der Waals surface area contributed by atoms with Crippen LogP contribution in [0.5, 0.6) is 0 Å². The predicted molar refractivity (Wildman–Crippen MR) is 134 cm³/mol. The summed E-state index contributed by atoms with van der Waals surface area (Å²) in [4.78, 5) is 24.8. The number of nitrogens with one attached hydrogen (secondary N) is 1. The second-order valence-corrected chi connectivity index (χ2v) is 12.2. The summed E-state index contributed by atoms with van der Waals surface area (Å²) in [5, 5.41) is 0. The topological polar surface area (TPSA) is 89.5 Å². The average molecular weight is 490 g/mol. The van der Waals surface area contributed by atoms with E-state index in [9.17, 15) is 18.0 Å². The van der Waals surface area contributed by atoms with Crippen molar-refractivity contribution in [1.29, 1.82) is 0 Å². The number of unbranched alkanes of at least 4 members (excludes halogenated alkanes) is 1. The first-order valence-electron chi connectivity index (χ1n) is 12.4. The van der Waals surface area contributed by atoms with Crippen LogP contribution in [0.25, 0.3) is 0 Å². The van der Waals surface area contributed by atoms with Gasteiger partial charge in [0.05, 0.1) is 24.5 Å². The van der Waals surface area contributed by atoms with Gasteiger partial charge in [0.25, 0.3) is 0 Å². The molecule has 0 radical (unpaired) electrons. The van der Waals surface area contributed by atoms with E-state index < -0.39 is 27.4 Å². The van der Waals surface area contributed by atoms with Crippen LogP contribution in [0.2, 0.25) is 0 Å². The molecule has 0 heterocycles. The molecule has 2 aliphatic rings. The molecular formula is C27H39NO5S. The molecule has 3 unspecified atom stereocenters. The lowest BCUT2D eigenvalue weighted by atomic mass is 9.70. The zero-order chi connectivity index (χ0) is 25.1. The van der Waals surface area contributed by atoms with Crippen LogP contribution in [0, 0.1) is 16.7 Å². The van der Waals surface area contributed by atoms with E-state index in [1.54, 1.807) is 24.3 Å². The Kier molecular flexibility index (Phi) is 8.08. The Hall–Kier alpha value is -1.99. The molecule has 0 spiro atoms. The molecule has 1 aromatic rings. The van der Waals surface area contributed by atoms with E-state index in [0.717, 1.165) is 43.2 Å². The van der Waals surface area contributed by atoms with Crippen molar-refractivity contribution < 1.29 is 22.7 Å². The van der Waals surface area contributed by atoms with Gasteiger partial charge >= 0.3 is 5.97 Å². The molecule has 2 aliphatic carbocycles. The monoisotopic (exact) mass is 489 g/mol. The van der Waals surface area contributed by atoms with E-state index in [0.29, 0.717) is 18.4 Å². The van der Waals surface area contributed by atoms with Crippen molar-refractivity contribution in [3.05, 3.63) is 47.0 Å². The fraction of sp³-hybridized carbons (Fsp3) is 0.630. The Morgan fingerprint density at radius 3 is 2.38 bits per heavy atom. The van der Waals surface area contributed by atoms with Gasteiger partial charge in [-0.3, -0.25) is 4.79 Å². The number of esters is 1. The molecule has 2 bridgehead atoms. The Morgan fingerprint density at radius 1 is 1.21 bits per heavy atom. The third-order valence-electron chi connectivity index (χ3n) is 8.14. The number of rotatable bonds is 11. The fourth-order valence-electron chi connectivity index (χ4n) is 5.92. The maximum Gasteiger partial charge on any atom is 0.337 e. The number of carbonyl (C=O) groups excluding carboxylic acids is 2. The maximum absolute atomic E-state index is 13.6. The first-order valence-corrected chi connectivity index (χ1v) is 14.1. The fourth-order valence-corrected chi connectivity index (χ4v) is 7.98. The summed E-state index contributed by atoms with van der Waals surface area (Å²) in [5.74, 6) is -0.257. The highest BCUT2D eigenvalue weighted by atomic mass is 32.2. The smallest absolute Gasteiger partial charge is 0.337 e. The van der Waals surface area contributed by atoms with Crippen LogP contribution in [0.4, 0.5) is 0 Å². The summed E-state index contributed by atoms with van der Waals surface area (Å²) >= 11 is 0. The van der Waals surface area contributed by atoms with Crippen LogP contribution in [0.15, 0.2) is 35.9 Å². The number of hydrogen-bond acceptors (Lipinski definition) is 5. The molecule has 1 aromatic carbocycles. The number of methoxy groups -OCH3 is 1. The number of ether oxygens (including phenoxy) is 1. The van der Waals surface area contributed by atoms with Crippen LogP contribution in [0.3, 0.4) is 0 Å². The van der Waals surface area contributed by atoms with Crippen molar-refractivity contribution in [2.75, 3.05) is 12.9 Å². The van der Waals surface area contributed by atoms with Crippen LogP contribution in [0.1, 0.15) is 94.6 Å². The molecule has 0 saturated heterocycles. The molecule has 3 rings (SSSR count). The second kappa shape index (κ2) is 10.3. The predicted octanol–water partition coefficient (Wildman–Crippen LogP) is 5.36. The van der Waals surface area contributed by atoms with Crippen LogP contribution in [-0.4, -0.2) is 33.0 Å². The van der Waals surface area contributed by atoms with Crippen LogP contribution in [-0.2, 0) is 19.6 Å². The largest absolute Gasteiger partial charge is 0.465 e. The molecule has 3 atom stereocenters. The highest BCUT2D eigenvalue weighted by Gasteiger charge is 2.65. The van der Waals surface area contributed by atoms with Crippen molar-refractivity contribution >= 4 is 21.8 Å². The number of hydrogen-bond donors (Lipinski definition) is 1. The average Bonchev–Trinajstić information content (AvgIpc) is 3.14. The lowest BCUT2D eigenvalue weighted by Crippen LogP contribution is -2.46. The third-order valence-corrected chi connectivity index (χ3v) is 9.61.